The molecular weight excluding hydrogens is 238 g/mol. The molecule has 0 radical (unpaired) electrons. The molecule has 0 fully saturated rings. The Morgan fingerprint density at radius 1 is 1.06 bits per heavy atom. The van der Waals surface area contributed by atoms with E-state index in [9.17, 15) is 0 Å². The first kappa shape index (κ1) is 11.4. The highest BCUT2D eigenvalue weighted by Crippen LogP contribution is 2.30. The van der Waals surface area contributed by atoms with Crippen LogP contribution in [0, 0.1) is 0 Å². The van der Waals surface area contributed by atoms with E-state index < -0.39 is 0 Å². The van der Waals surface area contributed by atoms with Crippen LogP contribution in [0.4, 0.5) is 0 Å². The largest absolute Gasteiger partial charge is 0.236 e. The highest BCUT2D eigenvalue weighted by molar-refractivity contribution is 7.21. The Bertz CT molecular complexity index is 655. The summed E-state index contributed by atoms with van der Waals surface area (Å²) in [6.07, 6.45) is 2.34. The molecule has 0 amide bonds. The third-order valence-corrected chi connectivity index (χ3v) is 4.08. The molecule has 2 aromatic carbocycles. The van der Waals surface area contributed by atoms with Gasteiger partial charge in [0.05, 0.1) is 10.2 Å². The minimum Gasteiger partial charge on any atom is -0.236 e. The van der Waals surface area contributed by atoms with Crippen LogP contribution in [-0.2, 0) is 6.42 Å². The fourth-order valence-corrected chi connectivity index (χ4v) is 3.15. The summed E-state index contributed by atoms with van der Waals surface area (Å²) < 4.78 is 1.29. The summed E-state index contributed by atoms with van der Waals surface area (Å²) in [5.74, 6) is 0. The lowest BCUT2D eigenvalue weighted by Gasteiger charge is -1.96. The number of aryl methyl sites for hydroxylation is 1. The van der Waals surface area contributed by atoms with Crippen LogP contribution in [0.15, 0.2) is 48.5 Å². The van der Waals surface area contributed by atoms with Gasteiger partial charge in [0.2, 0.25) is 0 Å². The van der Waals surface area contributed by atoms with E-state index in [1.165, 1.54) is 22.2 Å². The fourth-order valence-electron chi connectivity index (χ4n) is 2.12. The maximum Gasteiger partial charge on any atom is 0.124 e. The normalized spacial score (nSPS) is 10.9. The van der Waals surface area contributed by atoms with Crippen molar-refractivity contribution in [2.24, 2.45) is 0 Å². The van der Waals surface area contributed by atoms with Crippen molar-refractivity contribution < 1.29 is 0 Å². The van der Waals surface area contributed by atoms with Gasteiger partial charge in [-0.25, -0.2) is 4.98 Å². The molecule has 0 bridgehead atoms. The molecule has 1 nitrogen and oxygen atoms in total. The van der Waals surface area contributed by atoms with Crippen molar-refractivity contribution >= 4 is 21.6 Å². The summed E-state index contributed by atoms with van der Waals surface area (Å²) in [6.45, 7) is 2.21. The summed E-state index contributed by atoms with van der Waals surface area (Å²) >= 11 is 1.78. The van der Waals surface area contributed by atoms with Crippen LogP contribution in [0.5, 0.6) is 0 Å². The monoisotopic (exact) mass is 253 g/mol. The molecule has 0 saturated carbocycles. The van der Waals surface area contributed by atoms with E-state index in [0.717, 1.165) is 16.9 Å². The first-order chi connectivity index (χ1) is 8.86. The fraction of sp³-hybridized carbons (Fsp3) is 0.188. The molecule has 3 aromatic rings. The second-order valence-corrected chi connectivity index (χ2v) is 5.47. The summed E-state index contributed by atoms with van der Waals surface area (Å²) in [6, 6.07) is 17.0. The van der Waals surface area contributed by atoms with Gasteiger partial charge >= 0.3 is 0 Å². The number of thiazole rings is 1. The van der Waals surface area contributed by atoms with Crippen molar-refractivity contribution in [2.45, 2.75) is 19.8 Å². The van der Waals surface area contributed by atoms with Crippen molar-refractivity contribution in [2.75, 3.05) is 0 Å². The maximum absolute atomic E-state index is 4.70. The van der Waals surface area contributed by atoms with Crippen LogP contribution >= 0.6 is 11.3 Å². The molecule has 0 aliphatic heterocycles. The molecule has 0 unspecified atom stereocenters. The van der Waals surface area contributed by atoms with Crippen LogP contribution in [0.25, 0.3) is 20.8 Å². The average molecular weight is 253 g/mol. The lowest BCUT2D eigenvalue weighted by atomic mass is 10.1. The molecule has 0 N–H and O–H groups in total. The molecule has 2 heteroatoms. The van der Waals surface area contributed by atoms with E-state index in [1.54, 1.807) is 11.3 Å². The zero-order chi connectivity index (χ0) is 12.4. The summed E-state index contributed by atoms with van der Waals surface area (Å²) in [5.41, 5.74) is 3.72. The first-order valence-corrected chi connectivity index (χ1v) is 7.13. The minimum atomic E-state index is 1.11. The molecule has 90 valence electrons. The Labute approximate surface area is 111 Å². The van der Waals surface area contributed by atoms with Gasteiger partial charge < -0.3 is 0 Å². The molecule has 0 aliphatic rings. The Kier molecular flexibility index (Phi) is 3.11. The molecule has 0 saturated heterocycles. The highest BCUT2D eigenvalue weighted by Gasteiger charge is 2.06. The van der Waals surface area contributed by atoms with E-state index in [1.807, 2.05) is 6.07 Å². The van der Waals surface area contributed by atoms with Crippen molar-refractivity contribution in [3.8, 4) is 10.6 Å². The number of aromatic nitrogens is 1. The Morgan fingerprint density at radius 3 is 2.67 bits per heavy atom. The Hall–Kier alpha value is -1.67. The topological polar surface area (TPSA) is 12.9 Å². The lowest BCUT2D eigenvalue weighted by Crippen LogP contribution is -1.81. The zero-order valence-electron chi connectivity index (χ0n) is 10.4. The third-order valence-electron chi connectivity index (χ3n) is 3.01. The van der Waals surface area contributed by atoms with Crippen molar-refractivity contribution in [1.29, 1.82) is 0 Å². The predicted molar refractivity (Wildman–Crippen MR) is 79.1 cm³/mol. The van der Waals surface area contributed by atoms with Gasteiger partial charge in [-0.15, -0.1) is 11.3 Å². The summed E-state index contributed by atoms with van der Waals surface area (Å²) in [5, 5.41) is 1.11. The van der Waals surface area contributed by atoms with Crippen molar-refractivity contribution in [3.05, 3.63) is 54.1 Å². The average Bonchev–Trinajstić information content (AvgIpc) is 2.83. The minimum absolute atomic E-state index is 1.11. The Balaban J connectivity index is 2.06. The van der Waals surface area contributed by atoms with Crippen LogP contribution < -0.4 is 0 Å². The smallest absolute Gasteiger partial charge is 0.124 e. The van der Waals surface area contributed by atoms with Crippen LogP contribution in [0.2, 0.25) is 0 Å². The maximum atomic E-state index is 4.70. The number of benzene rings is 2. The Morgan fingerprint density at radius 2 is 1.89 bits per heavy atom. The van der Waals surface area contributed by atoms with E-state index in [0.29, 0.717) is 0 Å². The number of hydrogen-bond acceptors (Lipinski definition) is 2. The quantitative estimate of drug-likeness (QED) is 0.646. The van der Waals surface area contributed by atoms with E-state index in [-0.39, 0.29) is 0 Å². The van der Waals surface area contributed by atoms with Gasteiger partial charge in [0.25, 0.3) is 0 Å². The lowest BCUT2D eigenvalue weighted by molar-refractivity contribution is 0.924. The van der Waals surface area contributed by atoms with E-state index >= 15 is 0 Å². The van der Waals surface area contributed by atoms with Crippen molar-refractivity contribution in [3.63, 3.8) is 0 Å². The third kappa shape index (κ3) is 2.16. The van der Waals surface area contributed by atoms with Gasteiger partial charge in [-0.2, -0.15) is 0 Å². The summed E-state index contributed by atoms with van der Waals surface area (Å²) in [7, 11) is 0. The molecule has 0 atom stereocenters. The van der Waals surface area contributed by atoms with Gasteiger partial charge in [-0.1, -0.05) is 49.7 Å². The molecular formula is C16H15NS. The van der Waals surface area contributed by atoms with Crippen LogP contribution in [0.3, 0.4) is 0 Å². The molecule has 1 aromatic heterocycles. The van der Waals surface area contributed by atoms with E-state index in [2.05, 4.69) is 49.4 Å². The van der Waals surface area contributed by atoms with E-state index in [4.69, 9.17) is 4.98 Å². The second kappa shape index (κ2) is 4.91. The number of nitrogens with zero attached hydrogens (tertiary/aromatic N) is 1. The first-order valence-electron chi connectivity index (χ1n) is 6.31. The predicted octanol–water partition coefficient (Wildman–Crippen LogP) is 4.92. The number of fused-ring (bicyclic) bond motifs is 1. The van der Waals surface area contributed by atoms with Gasteiger partial charge in [-0.05, 0) is 24.1 Å². The molecule has 3 rings (SSSR count). The molecule has 0 spiro atoms. The molecule has 1 heterocycles. The van der Waals surface area contributed by atoms with Crippen LogP contribution in [0.1, 0.15) is 18.9 Å². The van der Waals surface area contributed by atoms with Crippen molar-refractivity contribution in [1.82, 2.24) is 4.98 Å². The standard InChI is InChI=1S/C16H15NS/c1-2-6-12-9-10-14-15(11-12)18-16(17-14)13-7-4-3-5-8-13/h3-5,7-11H,2,6H2,1H3. The summed E-state index contributed by atoms with van der Waals surface area (Å²) in [4.78, 5) is 4.70. The van der Waals surface area contributed by atoms with Gasteiger partial charge in [0, 0.05) is 5.56 Å². The number of hydrogen-bond donors (Lipinski definition) is 0. The highest BCUT2D eigenvalue weighted by atomic mass is 32.1. The SMILES string of the molecule is CCCc1ccc2nc(-c3ccccc3)sc2c1. The number of rotatable bonds is 3. The molecule has 0 aliphatic carbocycles. The van der Waals surface area contributed by atoms with Gasteiger partial charge in [0.1, 0.15) is 5.01 Å². The molecule has 18 heavy (non-hydrogen) atoms. The van der Waals surface area contributed by atoms with Gasteiger partial charge in [0.15, 0.2) is 0 Å². The van der Waals surface area contributed by atoms with Gasteiger partial charge in [-0.3, -0.25) is 0 Å². The second-order valence-electron chi connectivity index (χ2n) is 4.44. The zero-order valence-corrected chi connectivity index (χ0v) is 11.2. The van der Waals surface area contributed by atoms with Crippen LogP contribution in [-0.4, -0.2) is 4.98 Å².